The van der Waals surface area contributed by atoms with Gasteiger partial charge in [-0.25, -0.2) is 0 Å². The second-order valence-corrected chi connectivity index (χ2v) is 6.81. The summed E-state index contributed by atoms with van der Waals surface area (Å²) >= 11 is 1.57. The molecule has 0 radical (unpaired) electrons. The van der Waals surface area contributed by atoms with E-state index in [1.54, 1.807) is 11.8 Å². The van der Waals surface area contributed by atoms with Crippen LogP contribution in [0.5, 0.6) is 0 Å². The fraction of sp³-hybridized carbons (Fsp3) is 0.412. The number of rotatable bonds is 4. The summed E-state index contributed by atoms with van der Waals surface area (Å²) < 4.78 is 0. The number of hydrogen-bond acceptors (Lipinski definition) is 3. The largest absolute Gasteiger partial charge is 0.320 e. The summed E-state index contributed by atoms with van der Waals surface area (Å²) in [5, 5.41) is 13.1. The Kier molecular flexibility index (Phi) is 5.08. The van der Waals surface area contributed by atoms with E-state index in [0.717, 1.165) is 16.3 Å². The van der Waals surface area contributed by atoms with Crippen LogP contribution in [-0.4, -0.2) is 11.7 Å². The third kappa shape index (κ3) is 3.89. The molecule has 1 aliphatic heterocycles. The first-order chi connectivity index (χ1) is 10.0. The average molecular weight is 300 g/mol. The van der Waals surface area contributed by atoms with Gasteiger partial charge in [-0.2, -0.15) is 5.26 Å². The van der Waals surface area contributed by atoms with Crippen molar-refractivity contribution in [2.75, 3.05) is 5.75 Å². The average Bonchev–Trinajstić information content (AvgIpc) is 2.45. The van der Waals surface area contributed by atoms with Crippen molar-refractivity contribution in [2.45, 2.75) is 33.1 Å². The molecule has 3 nitrogen and oxygen atoms in total. The van der Waals surface area contributed by atoms with Gasteiger partial charge in [-0.3, -0.25) is 4.79 Å². The lowest BCUT2D eigenvalue weighted by Crippen LogP contribution is -2.31. The van der Waals surface area contributed by atoms with E-state index in [2.05, 4.69) is 25.2 Å². The number of allylic oxidation sites excluding steroid dienone is 1. The number of nitriles is 1. The molecule has 21 heavy (non-hydrogen) atoms. The van der Waals surface area contributed by atoms with Crippen LogP contribution >= 0.6 is 11.8 Å². The summed E-state index contributed by atoms with van der Waals surface area (Å²) in [6.45, 7) is 6.28. The minimum atomic E-state index is -0.126. The highest BCUT2D eigenvalue weighted by molar-refractivity contribution is 8.03. The number of nitrogens with one attached hydrogen (secondary N) is 1. The molecule has 1 aromatic rings. The van der Waals surface area contributed by atoms with Crippen molar-refractivity contribution in [3.05, 3.63) is 46.0 Å². The van der Waals surface area contributed by atoms with Crippen LogP contribution in [0.1, 0.15) is 37.3 Å². The lowest BCUT2D eigenvalue weighted by Gasteiger charge is -2.25. The van der Waals surface area contributed by atoms with E-state index in [9.17, 15) is 10.1 Å². The first-order valence-electron chi connectivity index (χ1n) is 7.14. The van der Waals surface area contributed by atoms with Gasteiger partial charge in [0.15, 0.2) is 0 Å². The molecule has 1 amide bonds. The highest BCUT2D eigenvalue weighted by atomic mass is 32.2. The second-order valence-electron chi connectivity index (χ2n) is 5.78. The number of hydrogen-bond donors (Lipinski definition) is 1. The number of carbonyl (C=O) groups is 1. The zero-order valence-corrected chi connectivity index (χ0v) is 13.5. The summed E-state index contributed by atoms with van der Waals surface area (Å²) in [6, 6.07) is 10.4. The molecule has 0 unspecified atom stereocenters. The standard InChI is InChI=1S/C17H20N2OS/c1-11(2)10-21-17-15(9-18)14(8-16(20)19-17)13-6-4-12(3)5-7-13/h4-7,11,14H,8,10H2,1-3H3,(H,19,20)/t14-/m0/s1. The fourth-order valence-electron chi connectivity index (χ4n) is 2.27. The zero-order chi connectivity index (χ0) is 15.4. The van der Waals surface area contributed by atoms with Crippen LogP contribution in [0.25, 0.3) is 0 Å². The van der Waals surface area contributed by atoms with E-state index >= 15 is 0 Å². The summed E-state index contributed by atoms with van der Waals surface area (Å²) in [7, 11) is 0. The quantitative estimate of drug-likeness (QED) is 0.922. The Hall–Kier alpha value is -1.73. The number of nitrogens with zero attached hydrogens (tertiary/aromatic N) is 1. The minimum absolute atomic E-state index is 0.00849. The Balaban J connectivity index is 2.34. The van der Waals surface area contributed by atoms with E-state index in [4.69, 9.17) is 0 Å². The molecule has 0 saturated carbocycles. The van der Waals surface area contributed by atoms with Crippen LogP contribution in [0, 0.1) is 24.2 Å². The van der Waals surface area contributed by atoms with Gasteiger partial charge in [-0.15, -0.1) is 11.8 Å². The van der Waals surface area contributed by atoms with Crippen LogP contribution < -0.4 is 5.32 Å². The van der Waals surface area contributed by atoms with Crippen molar-refractivity contribution in [3.8, 4) is 6.07 Å². The smallest absolute Gasteiger partial charge is 0.225 e. The topological polar surface area (TPSA) is 52.9 Å². The number of benzene rings is 1. The summed E-state index contributed by atoms with van der Waals surface area (Å²) in [5.74, 6) is 1.27. The van der Waals surface area contributed by atoms with Crippen molar-refractivity contribution < 1.29 is 4.79 Å². The van der Waals surface area contributed by atoms with Crippen LogP contribution in [-0.2, 0) is 4.79 Å². The summed E-state index contributed by atoms with van der Waals surface area (Å²) in [4.78, 5) is 12.0. The minimum Gasteiger partial charge on any atom is -0.320 e. The molecule has 0 fully saturated rings. The molecule has 110 valence electrons. The second kappa shape index (κ2) is 6.82. The van der Waals surface area contributed by atoms with Crippen molar-refractivity contribution in [2.24, 2.45) is 5.92 Å². The van der Waals surface area contributed by atoms with Crippen molar-refractivity contribution in [3.63, 3.8) is 0 Å². The van der Waals surface area contributed by atoms with Gasteiger partial charge in [-0.05, 0) is 18.4 Å². The van der Waals surface area contributed by atoms with Gasteiger partial charge in [0, 0.05) is 18.1 Å². The molecular weight excluding hydrogens is 280 g/mol. The van der Waals surface area contributed by atoms with E-state index in [0.29, 0.717) is 17.9 Å². The third-order valence-electron chi connectivity index (χ3n) is 3.40. The van der Waals surface area contributed by atoms with Gasteiger partial charge in [0.25, 0.3) is 0 Å². The fourth-order valence-corrected chi connectivity index (χ4v) is 3.30. The molecule has 0 spiro atoms. The molecule has 1 heterocycles. The molecule has 4 heteroatoms. The molecule has 0 bridgehead atoms. The first-order valence-corrected chi connectivity index (χ1v) is 8.13. The Bertz CT molecular complexity index is 596. The van der Waals surface area contributed by atoms with Crippen LogP contribution in [0.2, 0.25) is 0 Å². The highest BCUT2D eigenvalue weighted by Crippen LogP contribution is 2.36. The molecule has 2 rings (SSSR count). The molecule has 1 aliphatic rings. The lowest BCUT2D eigenvalue weighted by molar-refractivity contribution is -0.120. The number of aryl methyl sites for hydroxylation is 1. The van der Waals surface area contributed by atoms with E-state index in [1.807, 2.05) is 31.2 Å². The number of carbonyl (C=O) groups excluding carboxylic acids is 1. The molecule has 0 aliphatic carbocycles. The van der Waals surface area contributed by atoms with E-state index < -0.39 is 0 Å². The maximum Gasteiger partial charge on any atom is 0.225 e. The third-order valence-corrected chi connectivity index (χ3v) is 4.84. The molecule has 0 aromatic heterocycles. The predicted octanol–water partition coefficient (Wildman–Crippen LogP) is 3.72. The maximum atomic E-state index is 12.0. The van der Waals surface area contributed by atoms with Crippen molar-refractivity contribution in [1.82, 2.24) is 5.32 Å². The molecule has 1 aromatic carbocycles. The Morgan fingerprint density at radius 2 is 2.05 bits per heavy atom. The lowest BCUT2D eigenvalue weighted by atomic mass is 9.87. The van der Waals surface area contributed by atoms with Gasteiger partial charge < -0.3 is 5.32 Å². The van der Waals surface area contributed by atoms with Gasteiger partial charge in [0.2, 0.25) is 5.91 Å². The van der Waals surface area contributed by atoms with Crippen LogP contribution in [0.3, 0.4) is 0 Å². The SMILES string of the molecule is Cc1ccc([C@@H]2CC(=O)NC(SCC(C)C)=C2C#N)cc1. The highest BCUT2D eigenvalue weighted by Gasteiger charge is 2.29. The summed E-state index contributed by atoms with van der Waals surface area (Å²) in [5.41, 5.74) is 2.90. The van der Waals surface area contributed by atoms with Crippen molar-refractivity contribution >= 4 is 17.7 Å². The summed E-state index contributed by atoms with van der Waals surface area (Å²) in [6.07, 6.45) is 0.345. The van der Waals surface area contributed by atoms with E-state index in [-0.39, 0.29) is 11.8 Å². The molecule has 0 saturated heterocycles. The first kappa shape index (κ1) is 15.7. The van der Waals surface area contributed by atoms with Gasteiger partial charge in [0.1, 0.15) is 0 Å². The molecule has 1 N–H and O–H groups in total. The maximum absolute atomic E-state index is 12.0. The van der Waals surface area contributed by atoms with Gasteiger partial charge in [0.05, 0.1) is 16.7 Å². The zero-order valence-electron chi connectivity index (χ0n) is 12.6. The normalized spacial score (nSPS) is 18.6. The molecule has 1 atom stereocenters. The number of amides is 1. The Morgan fingerprint density at radius 3 is 2.62 bits per heavy atom. The molecular formula is C17H20N2OS. The monoisotopic (exact) mass is 300 g/mol. The van der Waals surface area contributed by atoms with Crippen LogP contribution in [0.15, 0.2) is 34.9 Å². The Morgan fingerprint density at radius 1 is 1.38 bits per heavy atom. The van der Waals surface area contributed by atoms with E-state index in [1.165, 1.54) is 5.56 Å². The predicted molar refractivity (Wildman–Crippen MR) is 86.6 cm³/mol. The van der Waals surface area contributed by atoms with Gasteiger partial charge in [-0.1, -0.05) is 43.7 Å². The van der Waals surface area contributed by atoms with Crippen LogP contribution in [0.4, 0.5) is 0 Å². The number of thioether (sulfide) groups is 1. The van der Waals surface area contributed by atoms with Crippen molar-refractivity contribution in [1.29, 1.82) is 5.26 Å². The van der Waals surface area contributed by atoms with Gasteiger partial charge >= 0.3 is 0 Å². The Labute approximate surface area is 130 Å².